The summed E-state index contributed by atoms with van der Waals surface area (Å²) in [4.78, 5) is 30.2. The van der Waals surface area contributed by atoms with Crippen molar-refractivity contribution < 1.29 is 26.7 Å². The number of carbonyl (C=O) groups excluding carboxylic acids is 1. The summed E-state index contributed by atoms with van der Waals surface area (Å²) in [7, 11) is 1.91. The molecule has 0 aliphatic carbocycles. The molecule has 35 heavy (non-hydrogen) atoms. The standard InChI is InChI=1S/C23H24F5N5O2/c1-12-11-33(6-5-32(12)2)17-8-16(24)19(13-3-4-29-9-13)20(25)21(17)31-22(35)14-10-30-18(34)7-15(14)23(26,27)28/h3,7-8,10,12,29H,4-6,9,11H2,1-2H3,(H,30,34)(H,31,35)/t12-/m1/s1. The highest BCUT2D eigenvalue weighted by atomic mass is 19.4. The number of nitrogens with one attached hydrogen (secondary N) is 3. The number of carbonyl (C=O) groups is 1. The lowest BCUT2D eigenvalue weighted by molar-refractivity contribution is -0.138. The van der Waals surface area contributed by atoms with E-state index in [1.54, 1.807) is 11.0 Å². The number of amides is 1. The SMILES string of the molecule is C[C@@H]1CN(c2cc(F)c(C3=CCNC3)c(F)c2NC(=O)c2c[nH]c(=O)cc2C(F)(F)F)CCN1C. The van der Waals surface area contributed by atoms with Crippen molar-refractivity contribution in [2.45, 2.75) is 19.1 Å². The first-order valence-corrected chi connectivity index (χ1v) is 11.0. The van der Waals surface area contributed by atoms with Gasteiger partial charge in [0.25, 0.3) is 5.91 Å². The van der Waals surface area contributed by atoms with Crippen molar-refractivity contribution in [3.63, 3.8) is 0 Å². The topological polar surface area (TPSA) is 80.5 Å². The number of nitrogens with zero attached hydrogens (tertiary/aromatic N) is 2. The van der Waals surface area contributed by atoms with Gasteiger partial charge in [-0.15, -0.1) is 0 Å². The zero-order valence-corrected chi connectivity index (χ0v) is 19.0. The van der Waals surface area contributed by atoms with Crippen molar-refractivity contribution in [3.8, 4) is 0 Å². The smallest absolute Gasteiger partial charge is 0.367 e. The summed E-state index contributed by atoms with van der Waals surface area (Å²) < 4.78 is 71.4. The number of aromatic nitrogens is 1. The highest BCUT2D eigenvalue weighted by Gasteiger charge is 2.37. The molecule has 1 fully saturated rings. The van der Waals surface area contributed by atoms with Crippen LogP contribution in [-0.2, 0) is 6.18 Å². The van der Waals surface area contributed by atoms with Gasteiger partial charge in [-0.05, 0) is 19.5 Å². The van der Waals surface area contributed by atoms with E-state index >= 15 is 8.78 Å². The summed E-state index contributed by atoms with van der Waals surface area (Å²) in [5.74, 6) is -3.20. The molecule has 1 saturated heterocycles. The molecular weight excluding hydrogens is 473 g/mol. The minimum absolute atomic E-state index is 0.0240. The summed E-state index contributed by atoms with van der Waals surface area (Å²) in [6.45, 7) is 3.88. The lowest BCUT2D eigenvalue weighted by atomic mass is 10.0. The van der Waals surface area contributed by atoms with Crippen molar-refractivity contribution in [1.82, 2.24) is 15.2 Å². The van der Waals surface area contributed by atoms with E-state index in [1.807, 2.05) is 19.0 Å². The molecule has 7 nitrogen and oxygen atoms in total. The van der Waals surface area contributed by atoms with Gasteiger partial charge in [0.15, 0.2) is 5.82 Å². The molecule has 0 bridgehead atoms. The van der Waals surface area contributed by atoms with Crippen molar-refractivity contribution in [2.75, 3.05) is 50.0 Å². The van der Waals surface area contributed by atoms with Crippen LogP contribution in [-0.4, -0.2) is 61.6 Å². The second-order valence-electron chi connectivity index (χ2n) is 8.65. The number of aromatic amines is 1. The summed E-state index contributed by atoms with van der Waals surface area (Å²) in [5.41, 5.74) is -3.79. The Morgan fingerprint density at radius 2 is 1.94 bits per heavy atom. The van der Waals surface area contributed by atoms with Gasteiger partial charge in [-0.1, -0.05) is 6.08 Å². The molecule has 1 atom stereocenters. The number of anilines is 2. The average molecular weight is 497 g/mol. The van der Waals surface area contributed by atoms with Crippen LogP contribution < -0.4 is 21.1 Å². The molecule has 4 rings (SSSR count). The fourth-order valence-electron chi connectivity index (χ4n) is 4.28. The summed E-state index contributed by atoms with van der Waals surface area (Å²) in [6.07, 6.45) is -2.76. The van der Waals surface area contributed by atoms with Gasteiger partial charge in [-0.2, -0.15) is 13.2 Å². The quantitative estimate of drug-likeness (QED) is 0.566. The number of piperazine rings is 1. The highest BCUT2D eigenvalue weighted by Crippen LogP contribution is 2.38. The van der Waals surface area contributed by atoms with Crippen LogP contribution in [0.15, 0.2) is 29.2 Å². The minimum Gasteiger partial charge on any atom is -0.367 e. The van der Waals surface area contributed by atoms with Crippen molar-refractivity contribution in [2.24, 2.45) is 0 Å². The lowest BCUT2D eigenvalue weighted by Crippen LogP contribution is -2.50. The summed E-state index contributed by atoms with van der Waals surface area (Å²) in [5, 5.41) is 5.18. The van der Waals surface area contributed by atoms with Crippen LogP contribution in [0.3, 0.4) is 0 Å². The van der Waals surface area contributed by atoms with E-state index in [1.165, 1.54) is 0 Å². The third-order valence-corrected chi connectivity index (χ3v) is 6.34. The highest BCUT2D eigenvalue weighted by molar-refractivity contribution is 6.07. The minimum atomic E-state index is -5.00. The second-order valence-corrected chi connectivity index (χ2v) is 8.65. The second kappa shape index (κ2) is 9.42. The van der Waals surface area contributed by atoms with Crippen molar-refractivity contribution in [3.05, 3.63) is 63.1 Å². The third-order valence-electron chi connectivity index (χ3n) is 6.34. The van der Waals surface area contributed by atoms with E-state index in [9.17, 15) is 22.8 Å². The van der Waals surface area contributed by atoms with Crippen LogP contribution in [0.25, 0.3) is 5.57 Å². The van der Waals surface area contributed by atoms with Crippen LogP contribution in [0.4, 0.5) is 33.3 Å². The van der Waals surface area contributed by atoms with E-state index in [2.05, 4.69) is 15.5 Å². The molecule has 0 radical (unpaired) electrons. The monoisotopic (exact) mass is 497 g/mol. The molecule has 1 aromatic heterocycles. The number of pyridine rings is 1. The number of hydrogen-bond acceptors (Lipinski definition) is 5. The van der Waals surface area contributed by atoms with Crippen LogP contribution in [0.2, 0.25) is 0 Å². The first kappa shape index (κ1) is 24.9. The first-order chi connectivity index (χ1) is 16.5. The van der Waals surface area contributed by atoms with Crippen LogP contribution in [0, 0.1) is 11.6 Å². The predicted molar refractivity (Wildman–Crippen MR) is 122 cm³/mol. The van der Waals surface area contributed by atoms with Crippen LogP contribution in [0.5, 0.6) is 0 Å². The normalized spacial score (nSPS) is 19.1. The number of hydrogen-bond donors (Lipinski definition) is 3. The van der Waals surface area contributed by atoms with Gasteiger partial charge in [0.05, 0.1) is 22.4 Å². The molecule has 0 unspecified atom stereocenters. The van der Waals surface area contributed by atoms with Gasteiger partial charge in [0.1, 0.15) is 11.5 Å². The molecule has 3 heterocycles. The number of likely N-dealkylation sites (N-methyl/N-ethyl adjacent to an activating group) is 1. The molecule has 12 heteroatoms. The van der Waals surface area contributed by atoms with E-state index in [-0.39, 0.29) is 29.9 Å². The van der Waals surface area contributed by atoms with Gasteiger partial charge >= 0.3 is 6.18 Å². The molecular formula is C23H24F5N5O2. The molecule has 2 aliphatic heterocycles. The Morgan fingerprint density at radius 3 is 2.57 bits per heavy atom. The molecule has 0 saturated carbocycles. The lowest BCUT2D eigenvalue weighted by Gasteiger charge is -2.40. The number of H-pyrrole nitrogens is 1. The van der Waals surface area contributed by atoms with E-state index in [4.69, 9.17) is 0 Å². The predicted octanol–water partition coefficient (Wildman–Crippen LogP) is 3.05. The van der Waals surface area contributed by atoms with Crippen molar-refractivity contribution >= 4 is 22.9 Å². The Bertz CT molecular complexity index is 1240. The molecule has 0 spiro atoms. The van der Waals surface area contributed by atoms with E-state index in [0.29, 0.717) is 37.9 Å². The molecule has 1 amide bonds. The Balaban J connectivity index is 1.82. The third kappa shape index (κ3) is 4.94. The van der Waals surface area contributed by atoms with Gasteiger partial charge in [0, 0.05) is 57.1 Å². The Kier molecular flexibility index (Phi) is 6.69. The average Bonchev–Trinajstić information content (AvgIpc) is 3.31. The fourth-order valence-corrected chi connectivity index (χ4v) is 4.28. The Morgan fingerprint density at radius 1 is 1.20 bits per heavy atom. The van der Waals surface area contributed by atoms with E-state index < -0.39 is 46.1 Å². The maximum atomic E-state index is 15.8. The van der Waals surface area contributed by atoms with Crippen LogP contribution in [0.1, 0.15) is 28.4 Å². The number of halogens is 5. The number of benzene rings is 1. The summed E-state index contributed by atoms with van der Waals surface area (Å²) >= 11 is 0. The van der Waals surface area contributed by atoms with Crippen LogP contribution >= 0.6 is 0 Å². The molecule has 3 N–H and O–H groups in total. The molecule has 188 valence electrons. The van der Waals surface area contributed by atoms with Gasteiger partial charge in [-0.25, -0.2) is 8.78 Å². The zero-order valence-electron chi connectivity index (χ0n) is 19.0. The maximum absolute atomic E-state index is 15.8. The van der Waals surface area contributed by atoms with E-state index in [0.717, 1.165) is 6.07 Å². The van der Waals surface area contributed by atoms with Gasteiger partial charge < -0.3 is 25.4 Å². The number of rotatable bonds is 4. The fraction of sp³-hybridized carbons (Fsp3) is 0.391. The Labute approximate surface area is 197 Å². The van der Waals surface area contributed by atoms with Gasteiger partial charge in [0.2, 0.25) is 5.56 Å². The molecule has 2 aromatic rings. The summed E-state index contributed by atoms with van der Waals surface area (Å²) in [6, 6.07) is 1.39. The number of alkyl halides is 3. The maximum Gasteiger partial charge on any atom is 0.417 e. The molecule has 1 aromatic carbocycles. The Hall–Kier alpha value is -3.25. The zero-order chi connectivity index (χ0) is 25.5. The van der Waals surface area contributed by atoms with Crippen molar-refractivity contribution in [1.29, 1.82) is 0 Å². The molecule has 2 aliphatic rings. The first-order valence-electron chi connectivity index (χ1n) is 11.0. The largest absolute Gasteiger partial charge is 0.417 e. The van der Waals surface area contributed by atoms with Gasteiger partial charge in [-0.3, -0.25) is 9.59 Å².